The number of carbonyl (C=O) groups is 1. The first-order valence-electron chi connectivity index (χ1n) is 5.61. The summed E-state index contributed by atoms with van der Waals surface area (Å²) >= 11 is 0. The highest BCUT2D eigenvalue weighted by Crippen LogP contribution is 2.40. The molecule has 4 nitrogen and oxygen atoms in total. The Morgan fingerprint density at radius 2 is 1.86 bits per heavy atom. The molecule has 0 saturated carbocycles. The molecule has 0 N–H and O–H groups in total. The lowest BCUT2D eigenvalue weighted by atomic mass is 10.1. The maximum absolute atomic E-state index is 13.7. The predicted octanol–water partition coefficient (Wildman–Crippen LogP) is 2.25. The molecule has 1 aliphatic rings. The van der Waals surface area contributed by atoms with E-state index in [0.717, 1.165) is 6.07 Å². The minimum Gasteiger partial charge on any atom is -0.308 e. The lowest BCUT2D eigenvalue weighted by Crippen LogP contribution is -2.30. The van der Waals surface area contributed by atoms with Gasteiger partial charge in [0.05, 0.1) is 11.3 Å². The molecule has 1 saturated heterocycles. The normalized spacial score (nSPS) is 20.1. The molecule has 1 fully saturated rings. The lowest BCUT2D eigenvalue weighted by Gasteiger charge is -2.21. The van der Waals surface area contributed by atoms with E-state index in [2.05, 4.69) is 0 Å². The molecule has 0 bridgehead atoms. The smallest absolute Gasteiger partial charge is 0.308 e. The Morgan fingerprint density at radius 3 is 2.33 bits per heavy atom. The van der Waals surface area contributed by atoms with Gasteiger partial charge in [0.2, 0.25) is 5.91 Å². The minimum atomic E-state index is -5.10. The van der Waals surface area contributed by atoms with E-state index in [1.54, 1.807) is 0 Å². The van der Waals surface area contributed by atoms with E-state index in [4.69, 9.17) is 0 Å². The Balaban J connectivity index is 2.51. The van der Waals surface area contributed by atoms with Gasteiger partial charge < -0.3 is 4.90 Å². The van der Waals surface area contributed by atoms with Crippen LogP contribution in [0.5, 0.6) is 0 Å². The average Bonchev–Trinajstić information content (AvgIpc) is 2.69. The van der Waals surface area contributed by atoms with E-state index in [1.165, 1.54) is 0 Å². The van der Waals surface area contributed by atoms with E-state index in [1.807, 2.05) is 0 Å². The molecular weight excluding hydrogens is 321 g/mol. The summed E-state index contributed by atoms with van der Waals surface area (Å²) < 4.78 is 86.6. The molecule has 21 heavy (non-hydrogen) atoms. The Bertz CT molecular complexity index is 686. The first-order chi connectivity index (χ1) is 9.51. The Labute approximate surface area is 116 Å². The van der Waals surface area contributed by atoms with Crippen molar-refractivity contribution in [3.05, 3.63) is 29.6 Å². The Hall–Kier alpha value is -1.71. The highest BCUT2D eigenvalue weighted by atomic mass is 32.3. The van der Waals surface area contributed by atoms with Crippen molar-refractivity contribution in [2.24, 2.45) is 0 Å². The number of halogens is 5. The molecule has 116 valence electrons. The quantitative estimate of drug-likeness (QED) is 0.618. The summed E-state index contributed by atoms with van der Waals surface area (Å²) in [6, 6.07) is 2.07. The van der Waals surface area contributed by atoms with Crippen LogP contribution in [0.4, 0.5) is 27.1 Å². The second-order valence-electron chi connectivity index (χ2n) is 4.44. The van der Waals surface area contributed by atoms with Crippen LogP contribution in [0.25, 0.3) is 0 Å². The maximum Gasteiger partial charge on any atom is 0.418 e. The zero-order valence-electron chi connectivity index (χ0n) is 10.2. The van der Waals surface area contributed by atoms with Crippen molar-refractivity contribution in [2.45, 2.75) is 17.8 Å². The van der Waals surface area contributed by atoms with Crippen LogP contribution in [0.15, 0.2) is 18.2 Å². The average molecular weight is 329 g/mol. The monoisotopic (exact) mass is 329 g/mol. The van der Waals surface area contributed by atoms with Crippen LogP contribution in [0.2, 0.25) is 0 Å². The van der Waals surface area contributed by atoms with E-state index >= 15 is 0 Å². The third kappa shape index (κ3) is 2.99. The molecule has 10 heteroatoms. The van der Waals surface area contributed by atoms with Crippen LogP contribution in [-0.4, -0.2) is 26.1 Å². The first-order valence-corrected chi connectivity index (χ1v) is 7.06. The molecule has 1 aliphatic heterocycles. The van der Waals surface area contributed by atoms with Crippen LogP contribution in [0, 0.1) is 5.82 Å². The van der Waals surface area contributed by atoms with Gasteiger partial charge in [-0.3, -0.25) is 4.79 Å². The zero-order valence-corrected chi connectivity index (χ0v) is 11.0. The topological polar surface area (TPSA) is 54.5 Å². The van der Waals surface area contributed by atoms with E-state index in [-0.39, 0.29) is 0 Å². The van der Waals surface area contributed by atoms with Crippen LogP contribution >= 0.6 is 0 Å². The van der Waals surface area contributed by atoms with Gasteiger partial charge in [-0.05, 0) is 12.1 Å². The molecule has 1 atom stereocenters. The number of hydrogen-bond acceptors (Lipinski definition) is 3. The third-order valence-electron chi connectivity index (χ3n) is 3.05. The summed E-state index contributed by atoms with van der Waals surface area (Å²) in [5, 5.41) is -1.80. The fraction of sp³-hybridized carbons (Fsp3) is 0.364. The van der Waals surface area contributed by atoms with Crippen molar-refractivity contribution < 1.29 is 34.7 Å². The van der Waals surface area contributed by atoms with Crippen molar-refractivity contribution in [3.8, 4) is 0 Å². The number of carbonyl (C=O) groups excluding carboxylic acids is 1. The molecule has 0 spiro atoms. The number of amides is 1. The van der Waals surface area contributed by atoms with Gasteiger partial charge in [0.25, 0.3) is 0 Å². The Kier molecular flexibility index (Phi) is 3.68. The molecule has 0 aliphatic carbocycles. The summed E-state index contributed by atoms with van der Waals surface area (Å²) in [7, 11) is -5.10. The molecule has 1 aromatic carbocycles. The van der Waals surface area contributed by atoms with Gasteiger partial charge in [0.1, 0.15) is 11.1 Å². The zero-order chi connectivity index (χ0) is 16.0. The number of anilines is 1. The fourth-order valence-corrected chi connectivity index (χ4v) is 2.77. The molecular formula is C11H8F5NO3S. The number of hydrogen-bond donors (Lipinski definition) is 0. The van der Waals surface area contributed by atoms with Gasteiger partial charge in [-0.1, -0.05) is 6.07 Å². The summed E-state index contributed by atoms with van der Waals surface area (Å²) in [6.45, 7) is -0.859. The minimum absolute atomic E-state index is 0.319. The number of rotatable bonds is 2. The van der Waals surface area contributed by atoms with Gasteiger partial charge in [0, 0.05) is 13.0 Å². The van der Waals surface area contributed by atoms with Gasteiger partial charge in [-0.15, -0.1) is 3.89 Å². The molecule has 2 rings (SSSR count). The summed E-state index contributed by atoms with van der Waals surface area (Å²) in [6.07, 6.45) is -5.77. The van der Waals surface area contributed by atoms with Crippen molar-refractivity contribution in [2.75, 3.05) is 11.4 Å². The number of para-hydroxylation sites is 1. The number of nitrogens with zero attached hydrogens (tertiary/aromatic N) is 1. The highest BCUT2D eigenvalue weighted by molar-refractivity contribution is 7.87. The van der Waals surface area contributed by atoms with Crippen LogP contribution in [0.3, 0.4) is 0 Å². The summed E-state index contributed by atoms with van der Waals surface area (Å²) in [5.74, 6) is -2.42. The number of alkyl halides is 3. The van der Waals surface area contributed by atoms with Crippen molar-refractivity contribution in [3.63, 3.8) is 0 Å². The highest BCUT2D eigenvalue weighted by Gasteiger charge is 2.44. The van der Waals surface area contributed by atoms with Crippen molar-refractivity contribution in [1.29, 1.82) is 0 Å². The first kappa shape index (κ1) is 15.7. The molecule has 1 heterocycles. The standard InChI is InChI=1S/C11H8F5NO3S/c12-8-3-1-2-7(11(13,14)15)10(8)17-5-6(4-9(17)18)21(16,19)20/h1-3,6H,4-5H2. The second-order valence-corrected chi connectivity index (χ2v) is 6.06. The van der Waals surface area contributed by atoms with Crippen molar-refractivity contribution >= 4 is 21.8 Å². The fourth-order valence-electron chi connectivity index (χ4n) is 2.10. The van der Waals surface area contributed by atoms with E-state index in [0.29, 0.717) is 17.0 Å². The summed E-state index contributed by atoms with van der Waals surface area (Å²) in [5.41, 5.74) is -2.51. The maximum atomic E-state index is 13.7. The van der Waals surface area contributed by atoms with Crippen LogP contribution in [-0.2, 0) is 21.2 Å². The summed E-state index contributed by atoms with van der Waals surface area (Å²) in [4.78, 5) is 11.9. The lowest BCUT2D eigenvalue weighted by molar-refractivity contribution is -0.137. The molecule has 1 amide bonds. The van der Waals surface area contributed by atoms with Gasteiger partial charge >= 0.3 is 16.4 Å². The number of benzene rings is 1. The molecule has 0 aromatic heterocycles. The molecule has 1 aromatic rings. The van der Waals surface area contributed by atoms with Crippen molar-refractivity contribution in [1.82, 2.24) is 0 Å². The molecule has 0 radical (unpaired) electrons. The molecule has 1 unspecified atom stereocenters. The van der Waals surface area contributed by atoms with Gasteiger partial charge in [-0.25, -0.2) is 4.39 Å². The van der Waals surface area contributed by atoms with E-state index < -0.39 is 57.6 Å². The third-order valence-corrected chi connectivity index (χ3v) is 4.16. The van der Waals surface area contributed by atoms with Gasteiger partial charge in [-0.2, -0.15) is 21.6 Å². The largest absolute Gasteiger partial charge is 0.418 e. The second kappa shape index (κ2) is 4.93. The predicted molar refractivity (Wildman–Crippen MR) is 62.2 cm³/mol. The Morgan fingerprint density at radius 1 is 1.24 bits per heavy atom. The van der Waals surface area contributed by atoms with Crippen LogP contribution < -0.4 is 4.90 Å². The van der Waals surface area contributed by atoms with Crippen LogP contribution in [0.1, 0.15) is 12.0 Å². The SMILES string of the molecule is O=C1CC(S(=O)(=O)F)CN1c1c(F)cccc1C(F)(F)F. The van der Waals surface area contributed by atoms with E-state index in [9.17, 15) is 34.7 Å². The van der Waals surface area contributed by atoms with Gasteiger partial charge in [0.15, 0.2) is 0 Å².